The number of rotatable bonds is 6. The highest BCUT2D eigenvalue weighted by atomic mass is 79.9. The van der Waals surface area contributed by atoms with Crippen molar-refractivity contribution in [2.24, 2.45) is 0 Å². The first-order chi connectivity index (χ1) is 18.5. The topological polar surface area (TPSA) is 84.2 Å². The van der Waals surface area contributed by atoms with Gasteiger partial charge in [0.25, 0.3) is 0 Å². The summed E-state index contributed by atoms with van der Waals surface area (Å²) in [7, 11) is -3.57. The third kappa shape index (κ3) is 4.82. The molecule has 5 aromatic rings. The van der Waals surface area contributed by atoms with Gasteiger partial charge in [-0.25, -0.2) is 23.1 Å². The van der Waals surface area contributed by atoms with E-state index in [9.17, 15) is 8.42 Å². The van der Waals surface area contributed by atoms with Gasteiger partial charge < -0.3 is 4.90 Å². The summed E-state index contributed by atoms with van der Waals surface area (Å²) in [4.78, 5) is 12.3. The number of fused-ring (bicyclic) bond motifs is 1. The number of benzene rings is 3. The van der Waals surface area contributed by atoms with Crippen LogP contribution in [0.1, 0.15) is 11.4 Å². The van der Waals surface area contributed by atoms with E-state index in [2.05, 4.69) is 38.1 Å². The van der Waals surface area contributed by atoms with E-state index < -0.39 is 10.0 Å². The van der Waals surface area contributed by atoms with Gasteiger partial charge in [-0.05, 0) is 42.0 Å². The van der Waals surface area contributed by atoms with Crippen LogP contribution in [0.3, 0.4) is 0 Å². The Bertz CT molecular complexity index is 1670. The molecule has 192 valence electrons. The van der Waals surface area contributed by atoms with Crippen LogP contribution in [0.4, 0.5) is 5.82 Å². The fourth-order valence-electron chi connectivity index (χ4n) is 4.69. The van der Waals surface area contributed by atoms with Crippen LogP contribution in [0.25, 0.3) is 16.7 Å². The number of hydrogen-bond acceptors (Lipinski definition) is 6. The maximum atomic E-state index is 13.2. The maximum Gasteiger partial charge on any atom is 0.243 e. The van der Waals surface area contributed by atoms with Crippen LogP contribution in [0.5, 0.6) is 0 Å². The van der Waals surface area contributed by atoms with E-state index in [1.807, 2.05) is 53.2 Å². The summed E-state index contributed by atoms with van der Waals surface area (Å²) in [5.74, 6) is 1.48. The zero-order valence-corrected chi connectivity index (χ0v) is 22.9. The fourth-order valence-corrected chi connectivity index (χ4v) is 6.38. The average Bonchev–Trinajstić information content (AvgIpc) is 3.38. The molecule has 0 N–H and O–H groups in total. The van der Waals surface area contributed by atoms with E-state index in [0.717, 1.165) is 32.6 Å². The maximum absolute atomic E-state index is 13.2. The van der Waals surface area contributed by atoms with Gasteiger partial charge in [-0.2, -0.15) is 9.40 Å². The van der Waals surface area contributed by atoms with Crippen molar-refractivity contribution in [3.8, 4) is 5.69 Å². The van der Waals surface area contributed by atoms with E-state index in [4.69, 9.17) is 9.97 Å². The predicted molar refractivity (Wildman–Crippen MR) is 151 cm³/mol. The summed E-state index contributed by atoms with van der Waals surface area (Å²) in [6.45, 7) is 1.77. The molecule has 0 spiro atoms. The van der Waals surface area contributed by atoms with Crippen molar-refractivity contribution in [1.82, 2.24) is 24.1 Å². The van der Waals surface area contributed by atoms with Crippen molar-refractivity contribution in [2.45, 2.75) is 11.3 Å². The van der Waals surface area contributed by atoms with Crippen LogP contribution >= 0.6 is 15.9 Å². The SMILES string of the molecule is O=S(=O)(c1ccc(Br)cc1)N1CCN(c2nc(Cc3ccccc3)nc3c2cnn3-c2ccccc2)CC1. The Morgan fingerprint density at radius 2 is 1.45 bits per heavy atom. The number of aromatic nitrogens is 4. The molecule has 1 aliphatic heterocycles. The Labute approximate surface area is 229 Å². The Balaban J connectivity index is 1.33. The van der Waals surface area contributed by atoms with E-state index in [0.29, 0.717) is 43.3 Å². The molecule has 38 heavy (non-hydrogen) atoms. The molecule has 2 aromatic heterocycles. The van der Waals surface area contributed by atoms with Crippen LogP contribution in [0, 0.1) is 0 Å². The summed E-state index contributed by atoms with van der Waals surface area (Å²) in [5.41, 5.74) is 2.77. The summed E-state index contributed by atoms with van der Waals surface area (Å²) in [6, 6.07) is 26.8. The van der Waals surface area contributed by atoms with Crippen molar-refractivity contribution in [2.75, 3.05) is 31.1 Å². The molecule has 0 saturated carbocycles. The number of sulfonamides is 1. The van der Waals surface area contributed by atoms with E-state index in [1.54, 1.807) is 34.8 Å². The predicted octanol–water partition coefficient (Wildman–Crippen LogP) is 4.68. The van der Waals surface area contributed by atoms with Gasteiger partial charge in [-0.1, -0.05) is 64.5 Å². The van der Waals surface area contributed by atoms with Gasteiger partial charge in [0, 0.05) is 37.1 Å². The fraction of sp³-hybridized carbons (Fsp3) is 0.179. The Kier molecular flexibility index (Phi) is 6.69. The number of anilines is 1. The normalized spacial score (nSPS) is 14.7. The molecule has 3 aromatic carbocycles. The van der Waals surface area contributed by atoms with Crippen molar-refractivity contribution in [1.29, 1.82) is 0 Å². The minimum atomic E-state index is -3.57. The molecule has 0 aliphatic carbocycles. The zero-order chi connectivity index (χ0) is 26.1. The van der Waals surface area contributed by atoms with Crippen LogP contribution in [-0.4, -0.2) is 58.7 Å². The molecular weight excluding hydrogens is 564 g/mol. The van der Waals surface area contributed by atoms with E-state index in [1.165, 1.54) is 0 Å². The quantitative estimate of drug-likeness (QED) is 0.286. The molecule has 3 heterocycles. The molecule has 6 rings (SSSR count). The molecular formula is C28H25BrN6O2S. The number of halogens is 1. The first-order valence-corrected chi connectivity index (χ1v) is 14.6. The van der Waals surface area contributed by atoms with E-state index in [-0.39, 0.29) is 0 Å². The largest absolute Gasteiger partial charge is 0.353 e. The average molecular weight is 590 g/mol. The zero-order valence-electron chi connectivity index (χ0n) is 20.5. The van der Waals surface area contributed by atoms with Crippen molar-refractivity contribution in [3.63, 3.8) is 0 Å². The molecule has 1 aliphatic rings. The number of piperazine rings is 1. The van der Waals surface area contributed by atoms with Gasteiger partial charge >= 0.3 is 0 Å². The van der Waals surface area contributed by atoms with Crippen molar-refractivity contribution >= 4 is 42.8 Å². The molecule has 0 radical (unpaired) electrons. The van der Waals surface area contributed by atoms with Crippen molar-refractivity contribution < 1.29 is 8.42 Å². The van der Waals surface area contributed by atoms with Gasteiger partial charge in [0.15, 0.2) is 5.65 Å². The highest BCUT2D eigenvalue weighted by Gasteiger charge is 2.30. The van der Waals surface area contributed by atoms with Crippen LogP contribution in [-0.2, 0) is 16.4 Å². The molecule has 1 fully saturated rings. The van der Waals surface area contributed by atoms with Gasteiger partial charge in [0.05, 0.1) is 22.2 Å². The first-order valence-electron chi connectivity index (χ1n) is 12.3. The minimum Gasteiger partial charge on any atom is -0.353 e. The van der Waals surface area contributed by atoms with Gasteiger partial charge in [-0.15, -0.1) is 0 Å². The van der Waals surface area contributed by atoms with Crippen molar-refractivity contribution in [3.05, 3.63) is 107 Å². The lowest BCUT2D eigenvalue weighted by Gasteiger charge is -2.35. The second-order valence-electron chi connectivity index (χ2n) is 9.10. The Morgan fingerprint density at radius 1 is 0.789 bits per heavy atom. The number of nitrogens with zero attached hydrogens (tertiary/aromatic N) is 6. The monoisotopic (exact) mass is 588 g/mol. The second-order valence-corrected chi connectivity index (χ2v) is 12.0. The molecule has 0 atom stereocenters. The molecule has 1 saturated heterocycles. The highest BCUT2D eigenvalue weighted by molar-refractivity contribution is 9.10. The Morgan fingerprint density at radius 3 is 2.13 bits per heavy atom. The second kappa shape index (κ2) is 10.3. The Hall–Kier alpha value is -3.60. The molecule has 0 unspecified atom stereocenters. The molecule has 10 heteroatoms. The van der Waals surface area contributed by atoms with Gasteiger partial charge in [0.1, 0.15) is 11.6 Å². The lowest BCUT2D eigenvalue weighted by atomic mass is 10.1. The minimum absolute atomic E-state index is 0.299. The van der Waals surface area contributed by atoms with Crippen LogP contribution in [0.15, 0.2) is 100 Å². The first kappa shape index (κ1) is 24.7. The standard InChI is InChI=1S/C28H25BrN6O2S/c29-22-11-13-24(14-12-22)38(36,37)34-17-15-33(16-18-34)27-25-20-30-35(23-9-5-2-6-10-23)28(25)32-26(31-27)19-21-7-3-1-4-8-21/h1-14,20H,15-19H2. The molecule has 8 nitrogen and oxygen atoms in total. The summed E-state index contributed by atoms with van der Waals surface area (Å²) < 4.78 is 30.7. The number of para-hydroxylation sites is 1. The summed E-state index contributed by atoms with van der Waals surface area (Å²) in [5, 5.41) is 5.49. The van der Waals surface area contributed by atoms with E-state index >= 15 is 0 Å². The van der Waals surface area contributed by atoms with Crippen LogP contribution in [0.2, 0.25) is 0 Å². The summed E-state index contributed by atoms with van der Waals surface area (Å²) in [6.07, 6.45) is 2.39. The van der Waals surface area contributed by atoms with Crippen LogP contribution < -0.4 is 4.90 Å². The molecule has 0 bridgehead atoms. The third-order valence-corrected chi connectivity index (χ3v) is 9.09. The summed E-state index contributed by atoms with van der Waals surface area (Å²) >= 11 is 3.37. The molecule has 0 amide bonds. The lowest BCUT2D eigenvalue weighted by molar-refractivity contribution is 0.384. The smallest absolute Gasteiger partial charge is 0.243 e. The van der Waals surface area contributed by atoms with Gasteiger partial charge in [0.2, 0.25) is 10.0 Å². The number of hydrogen-bond donors (Lipinski definition) is 0. The third-order valence-electron chi connectivity index (χ3n) is 6.65. The van der Waals surface area contributed by atoms with Gasteiger partial charge in [-0.3, -0.25) is 0 Å². The highest BCUT2D eigenvalue weighted by Crippen LogP contribution is 2.28. The lowest BCUT2D eigenvalue weighted by Crippen LogP contribution is -2.49.